The molecule has 0 radical (unpaired) electrons. The first kappa shape index (κ1) is 34.6. The molecule has 2 amide bonds. The van der Waals surface area contributed by atoms with Gasteiger partial charge in [0.1, 0.15) is 5.75 Å². The molecule has 6 rings (SSSR count). The van der Waals surface area contributed by atoms with Gasteiger partial charge in [0.15, 0.2) is 0 Å². The van der Waals surface area contributed by atoms with Crippen LogP contribution in [0.1, 0.15) is 42.4 Å². The smallest absolute Gasteiger partial charge is 0.220 e. The summed E-state index contributed by atoms with van der Waals surface area (Å²) in [7, 11) is 3.25. The van der Waals surface area contributed by atoms with Gasteiger partial charge >= 0.3 is 0 Å². The van der Waals surface area contributed by atoms with Crippen molar-refractivity contribution in [2.24, 2.45) is 0 Å². The Morgan fingerprint density at radius 3 is 2.16 bits per heavy atom. The Balaban J connectivity index is 1.22. The molecule has 0 spiro atoms. The Hall–Kier alpha value is -4.22. The van der Waals surface area contributed by atoms with Crippen LogP contribution in [0.3, 0.4) is 0 Å². The first-order valence-electron chi connectivity index (χ1n) is 16.4. The Bertz CT molecular complexity index is 1870. The lowest BCUT2D eigenvalue weighted by atomic mass is 9.97. The van der Waals surface area contributed by atoms with Gasteiger partial charge in [0.05, 0.1) is 35.7 Å². The van der Waals surface area contributed by atoms with Gasteiger partial charge in [-0.3, -0.25) is 14.6 Å². The molecule has 2 aromatic heterocycles. The predicted octanol–water partition coefficient (Wildman–Crippen LogP) is 5.85. The number of carbonyl (C=O) groups is 2. The van der Waals surface area contributed by atoms with Gasteiger partial charge in [-0.25, -0.2) is 4.98 Å². The van der Waals surface area contributed by atoms with Gasteiger partial charge in [0.2, 0.25) is 17.7 Å². The second-order valence-corrected chi connectivity index (χ2v) is 13.2. The average Bonchev–Trinajstić information content (AvgIpc) is 3.72. The molecule has 2 aromatic carbocycles. The van der Waals surface area contributed by atoms with E-state index in [0.717, 1.165) is 57.5 Å². The molecular formula is C37H40Cl2N6O4. The normalized spacial score (nSPS) is 17.2. The molecule has 4 aromatic rings. The molecule has 4 heterocycles. The summed E-state index contributed by atoms with van der Waals surface area (Å²) < 4.78 is 11.5. The summed E-state index contributed by atoms with van der Waals surface area (Å²) in [5.41, 5.74) is 7.31. The van der Waals surface area contributed by atoms with Gasteiger partial charge < -0.3 is 30.7 Å². The number of benzene rings is 2. The molecule has 0 saturated carbocycles. The quantitative estimate of drug-likeness (QED) is 0.137. The van der Waals surface area contributed by atoms with Gasteiger partial charge in [0.25, 0.3) is 0 Å². The number of rotatable bonds is 13. The van der Waals surface area contributed by atoms with Crippen LogP contribution in [0, 0.1) is 6.92 Å². The first-order chi connectivity index (χ1) is 23.7. The fraction of sp³-hybridized carbons (Fsp3) is 0.351. The lowest BCUT2D eigenvalue weighted by molar-refractivity contribution is -0.120. The summed E-state index contributed by atoms with van der Waals surface area (Å²) in [6.45, 7) is 4.55. The van der Waals surface area contributed by atoms with Crippen LogP contribution in [-0.4, -0.2) is 61.2 Å². The fourth-order valence-electron chi connectivity index (χ4n) is 6.46. The molecule has 12 heteroatoms. The topological polar surface area (TPSA) is 126 Å². The average molecular weight is 704 g/mol. The SMILES string of the molecule is COc1cc(-c2nccc(-c3cccc(-c4ccc(CNC[C@@H]5CCC(=O)N5)c(OC)n4)c3Cl)c2Cl)cc(C)c1CNC[C@H]1CCC(=O)N1. The Labute approximate surface area is 296 Å². The highest BCUT2D eigenvalue weighted by molar-refractivity contribution is 6.39. The fourth-order valence-corrected chi connectivity index (χ4v) is 7.11. The molecule has 2 aliphatic heterocycles. The van der Waals surface area contributed by atoms with E-state index in [1.165, 1.54) is 0 Å². The molecule has 10 nitrogen and oxygen atoms in total. The van der Waals surface area contributed by atoms with Crippen LogP contribution in [0.2, 0.25) is 10.0 Å². The zero-order valence-corrected chi connectivity index (χ0v) is 29.3. The van der Waals surface area contributed by atoms with Crippen molar-refractivity contribution in [3.05, 3.63) is 81.5 Å². The van der Waals surface area contributed by atoms with E-state index in [0.29, 0.717) is 66.3 Å². The lowest BCUT2D eigenvalue weighted by Crippen LogP contribution is -2.35. The van der Waals surface area contributed by atoms with Crippen molar-refractivity contribution < 1.29 is 19.1 Å². The summed E-state index contributed by atoms with van der Waals surface area (Å²) >= 11 is 14.2. The van der Waals surface area contributed by atoms with E-state index in [9.17, 15) is 9.59 Å². The lowest BCUT2D eigenvalue weighted by Gasteiger charge is -2.18. The van der Waals surface area contributed by atoms with Crippen molar-refractivity contribution in [3.63, 3.8) is 0 Å². The van der Waals surface area contributed by atoms with E-state index >= 15 is 0 Å². The van der Waals surface area contributed by atoms with Crippen molar-refractivity contribution in [3.8, 4) is 45.3 Å². The summed E-state index contributed by atoms with van der Waals surface area (Å²) in [5, 5.41) is 13.8. The number of ether oxygens (including phenoxy) is 2. The number of halogens is 2. The van der Waals surface area contributed by atoms with Crippen molar-refractivity contribution in [2.75, 3.05) is 27.3 Å². The maximum atomic E-state index is 11.6. The monoisotopic (exact) mass is 702 g/mol. The summed E-state index contributed by atoms with van der Waals surface area (Å²) in [4.78, 5) is 32.5. The molecule has 49 heavy (non-hydrogen) atoms. The van der Waals surface area contributed by atoms with E-state index in [2.05, 4.69) is 32.3 Å². The van der Waals surface area contributed by atoms with Crippen LogP contribution in [0.4, 0.5) is 0 Å². The number of methoxy groups -OCH3 is 2. The highest BCUT2D eigenvalue weighted by atomic mass is 35.5. The third kappa shape index (κ3) is 7.83. The van der Waals surface area contributed by atoms with E-state index in [4.69, 9.17) is 37.7 Å². The second kappa shape index (κ2) is 15.6. The number of hydrogen-bond donors (Lipinski definition) is 4. The number of aromatic nitrogens is 2. The van der Waals surface area contributed by atoms with Crippen LogP contribution in [0.5, 0.6) is 11.6 Å². The molecule has 256 valence electrons. The van der Waals surface area contributed by atoms with Crippen molar-refractivity contribution in [2.45, 2.75) is 57.8 Å². The van der Waals surface area contributed by atoms with Crippen LogP contribution in [-0.2, 0) is 22.7 Å². The molecule has 0 unspecified atom stereocenters. The standard InChI is InChI=1S/C37H40Cl2N6O4/c1-21-15-23(16-31(48-2)29(21)20-41-19-25-9-12-33(47)44-25)36-35(39)27(13-14-42-36)26-5-4-6-28(34(26)38)30-10-7-22(37(45-30)49-3)17-40-18-24-8-11-32(46)43-24/h4-7,10,13-16,24-25,40-41H,8-9,11-12,17-20H2,1-3H3,(H,43,46)(H,44,47)/t24-,25+/m0/s1. The highest BCUT2D eigenvalue weighted by Gasteiger charge is 2.23. The van der Waals surface area contributed by atoms with Crippen LogP contribution < -0.4 is 30.7 Å². The molecule has 4 N–H and O–H groups in total. The summed E-state index contributed by atoms with van der Waals surface area (Å²) in [6, 6.07) is 15.8. The predicted molar refractivity (Wildman–Crippen MR) is 192 cm³/mol. The molecule has 2 aliphatic rings. The molecular weight excluding hydrogens is 663 g/mol. The minimum Gasteiger partial charge on any atom is -0.496 e. The molecule has 0 aliphatic carbocycles. The van der Waals surface area contributed by atoms with Gasteiger partial charge in [-0.2, -0.15) is 0 Å². The van der Waals surface area contributed by atoms with Crippen LogP contribution in [0.25, 0.3) is 33.6 Å². The number of carbonyl (C=O) groups excluding carboxylic acids is 2. The summed E-state index contributed by atoms with van der Waals surface area (Å²) in [5.74, 6) is 1.43. The third-order valence-corrected chi connectivity index (χ3v) is 9.87. The number of amides is 2. The second-order valence-electron chi connectivity index (χ2n) is 12.4. The zero-order chi connectivity index (χ0) is 34.5. The molecule has 2 saturated heterocycles. The maximum Gasteiger partial charge on any atom is 0.220 e. The van der Waals surface area contributed by atoms with Gasteiger partial charge in [-0.1, -0.05) is 47.5 Å². The largest absolute Gasteiger partial charge is 0.496 e. The van der Waals surface area contributed by atoms with E-state index in [1.807, 2.05) is 49.4 Å². The Morgan fingerprint density at radius 2 is 1.51 bits per heavy atom. The molecule has 2 atom stereocenters. The third-order valence-electron chi connectivity index (χ3n) is 9.08. The molecule has 2 fully saturated rings. The number of nitrogens with zero attached hydrogens (tertiary/aromatic N) is 2. The molecule has 0 bridgehead atoms. The first-order valence-corrected chi connectivity index (χ1v) is 17.2. The van der Waals surface area contributed by atoms with Gasteiger partial charge in [-0.05, 0) is 49.6 Å². The summed E-state index contributed by atoms with van der Waals surface area (Å²) in [6.07, 6.45) is 4.55. The number of pyridine rings is 2. The highest BCUT2D eigenvalue weighted by Crippen LogP contribution is 2.42. The number of hydrogen-bond acceptors (Lipinski definition) is 8. The Kier molecular flexibility index (Phi) is 11.0. The number of nitrogens with one attached hydrogen (secondary N) is 4. The van der Waals surface area contributed by atoms with E-state index in [1.54, 1.807) is 20.4 Å². The van der Waals surface area contributed by atoms with Gasteiger partial charge in [0, 0.05) is 90.7 Å². The van der Waals surface area contributed by atoms with Crippen LogP contribution in [0.15, 0.2) is 54.7 Å². The van der Waals surface area contributed by atoms with E-state index in [-0.39, 0.29) is 23.9 Å². The zero-order valence-electron chi connectivity index (χ0n) is 27.8. The van der Waals surface area contributed by atoms with E-state index < -0.39 is 0 Å². The maximum absolute atomic E-state index is 11.6. The minimum atomic E-state index is 0.0980. The van der Waals surface area contributed by atoms with Crippen molar-refractivity contribution in [1.29, 1.82) is 0 Å². The van der Waals surface area contributed by atoms with Crippen molar-refractivity contribution >= 4 is 35.0 Å². The Morgan fingerprint density at radius 1 is 0.837 bits per heavy atom. The minimum absolute atomic E-state index is 0.0980. The van der Waals surface area contributed by atoms with Crippen LogP contribution >= 0.6 is 23.2 Å². The van der Waals surface area contributed by atoms with Crippen molar-refractivity contribution in [1.82, 2.24) is 31.2 Å². The van der Waals surface area contributed by atoms with Gasteiger partial charge in [-0.15, -0.1) is 0 Å². The number of aryl methyl sites for hydroxylation is 1.